The van der Waals surface area contributed by atoms with E-state index in [9.17, 15) is 19.8 Å². The average molecular weight is 632 g/mol. The number of aliphatic hydroxyl groups is 2. The number of nitrogens with zero attached hydrogens (tertiary/aromatic N) is 1. The van der Waals surface area contributed by atoms with Crippen molar-refractivity contribution in [3.05, 3.63) is 95.1 Å². The van der Waals surface area contributed by atoms with Crippen LogP contribution in [-0.4, -0.2) is 64.0 Å². The number of carbonyl (C=O) groups is 2. The molecule has 2 heterocycles. The maximum Gasteiger partial charge on any atom is 0.243 e. The number of benzene rings is 3. The number of ether oxygens (including phenoxy) is 2. The first-order chi connectivity index (χ1) is 22.4. The number of nitrogens with one attached hydrogen (secondary N) is 2. The first-order valence-corrected chi connectivity index (χ1v) is 16.2. The van der Waals surface area contributed by atoms with Crippen molar-refractivity contribution < 1.29 is 34.5 Å². The van der Waals surface area contributed by atoms with E-state index in [1.54, 1.807) is 5.48 Å². The summed E-state index contributed by atoms with van der Waals surface area (Å²) in [6.45, 7) is 2.20. The highest BCUT2D eigenvalue weighted by Crippen LogP contribution is 2.39. The van der Waals surface area contributed by atoms with Crippen LogP contribution in [0.25, 0.3) is 11.1 Å². The molecule has 3 aromatic carbocycles. The number of likely N-dealkylation sites (tertiary alicyclic amines) is 1. The molecule has 46 heavy (non-hydrogen) atoms. The molecule has 0 spiro atoms. The molecule has 2 aliphatic heterocycles. The second-order valence-electron chi connectivity index (χ2n) is 12.2. The number of hydrogen-bond acceptors (Lipinski definition) is 8. The molecule has 3 aromatic rings. The second kappa shape index (κ2) is 16.8. The number of amides is 2. The molecule has 2 amide bonds. The SMILES string of the molecule is O=C(CCCCC(=O)NCc1cccc(-c2cccc([C@H]3O[C@@H](CN4CCC[C@H]4CO)C[C@@H](c4ccc(CO)cc4)O3)c2)c1)NO. The summed E-state index contributed by atoms with van der Waals surface area (Å²) in [5, 5.41) is 30.9. The molecule has 2 aliphatic rings. The van der Waals surface area contributed by atoms with Crippen LogP contribution in [0.3, 0.4) is 0 Å². The molecule has 0 saturated carbocycles. The summed E-state index contributed by atoms with van der Waals surface area (Å²) in [6.07, 6.45) is 3.48. The number of aliphatic hydroxyl groups excluding tert-OH is 2. The zero-order valence-electron chi connectivity index (χ0n) is 26.1. The molecule has 246 valence electrons. The zero-order valence-corrected chi connectivity index (χ0v) is 26.1. The van der Waals surface area contributed by atoms with Crippen molar-refractivity contribution in [1.82, 2.24) is 15.7 Å². The van der Waals surface area contributed by atoms with E-state index in [4.69, 9.17) is 14.7 Å². The number of unbranched alkanes of at least 4 members (excludes halogenated alkanes) is 1. The Morgan fingerprint density at radius 1 is 0.848 bits per heavy atom. The summed E-state index contributed by atoms with van der Waals surface area (Å²) >= 11 is 0. The smallest absolute Gasteiger partial charge is 0.243 e. The van der Waals surface area contributed by atoms with E-state index in [0.29, 0.717) is 32.2 Å². The molecule has 0 radical (unpaired) electrons. The monoisotopic (exact) mass is 631 g/mol. The molecule has 0 aromatic heterocycles. The van der Waals surface area contributed by atoms with E-state index >= 15 is 0 Å². The summed E-state index contributed by atoms with van der Waals surface area (Å²) in [6, 6.07) is 24.2. The molecule has 10 heteroatoms. The van der Waals surface area contributed by atoms with Crippen LogP contribution >= 0.6 is 0 Å². The molecule has 5 rings (SSSR count). The Morgan fingerprint density at radius 3 is 2.33 bits per heavy atom. The van der Waals surface area contributed by atoms with Gasteiger partial charge in [-0.1, -0.05) is 60.7 Å². The lowest BCUT2D eigenvalue weighted by Gasteiger charge is -2.38. The molecular weight excluding hydrogens is 586 g/mol. The van der Waals surface area contributed by atoms with Crippen molar-refractivity contribution in [3.63, 3.8) is 0 Å². The highest BCUT2D eigenvalue weighted by molar-refractivity contribution is 5.76. The normalized spacial score (nSPS) is 21.6. The maximum absolute atomic E-state index is 12.3. The third-order valence-corrected chi connectivity index (χ3v) is 8.85. The minimum absolute atomic E-state index is 0.00850. The maximum atomic E-state index is 12.3. The highest BCUT2D eigenvalue weighted by Gasteiger charge is 2.35. The lowest BCUT2D eigenvalue weighted by Crippen LogP contribution is -2.42. The quantitative estimate of drug-likeness (QED) is 0.0994. The molecule has 4 atom stereocenters. The third-order valence-electron chi connectivity index (χ3n) is 8.85. The van der Waals surface area contributed by atoms with Gasteiger partial charge in [-0.25, -0.2) is 5.48 Å². The first-order valence-electron chi connectivity index (χ1n) is 16.2. The molecule has 0 unspecified atom stereocenters. The standard InChI is InChI=1S/C36H45N3O7/c40-23-25-13-15-27(16-14-25)33-20-32(22-39-17-5-10-31(39)24-41)45-36(46-33)30-9-4-8-29(19-30)28-7-3-6-26(18-28)21-37-34(42)11-1-2-12-35(43)38-44/h3-4,6-9,13-16,18-19,31-33,36,40-41,44H,1-2,5,10-12,17,20-24H2,(H,37,42)(H,38,43)/t31-,32+,33-,36-/m0/s1. The van der Waals surface area contributed by atoms with Crippen molar-refractivity contribution in [2.75, 3.05) is 19.7 Å². The summed E-state index contributed by atoms with van der Waals surface area (Å²) in [5.74, 6) is -0.535. The van der Waals surface area contributed by atoms with Gasteiger partial charge in [-0.3, -0.25) is 19.7 Å². The predicted molar refractivity (Wildman–Crippen MR) is 172 cm³/mol. The topological polar surface area (TPSA) is 141 Å². The van der Waals surface area contributed by atoms with Crippen molar-refractivity contribution in [2.45, 2.75) is 82.6 Å². The Morgan fingerprint density at radius 2 is 1.59 bits per heavy atom. The number of carbonyl (C=O) groups excluding carboxylic acids is 2. The van der Waals surface area contributed by atoms with Crippen LogP contribution in [0.15, 0.2) is 72.8 Å². The van der Waals surface area contributed by atoms with Crippen molar-refractivity contribution >= 4 is 11.8 Å². The minimum atomic E-state index is -0.581. The van der Waals surface area contributed by atoms with Gasteiger partial charge in [-0.05, 0) is 72.2 Å². The van der Waals surface area contributed by atoms with E-state index in [2.05, 4.69) is 22.3 Å². The van der Waals surface area contributed by atoms with Gasteiger partial charge in [-0.2, -0.15) is 0 Å². The van der Waals surface area contributed by atoms with Crippen LogP contribution in [0, 0.1) is 0 Å². The van der Waals surface area contributed by atoms with Gasteiger partial charge >= 0.3 is 0 Å². The van der Waals surface area contributed by atoms with Crippen LogP contribution in [0.4, 0.5) is 0 Å². The highest BCUT2D eigenvalue weighted by atomic mass is 16.7. The van der Waals surface area contributed by atoms with Crippen LogP contribution < -0.4 is 10.8 Å². The Labute approximate surface area is 270 Å². The van der Waals surface area contributed by atoms with Gasteiger partial charge in [0.15, 0.2) is 6.29 Å². The van der Waals surface area contributed by atoms with E-state index in [-0.39, 0.29) is 43.8 Å². The van der Waals surface area contributed by atoms with Crippen molar-refractivity contribution in [2.24, 2.45) is 0 Å². The lowest BCUT2D eigenvalue weighted by atomic mass is 9.98. The number of hydrogen-bond donors (Lipinski definition) is 5. The van der Waals surface area contributed by atoms with Gasteiger partial charge in [0.2, 0.25) is 11.8 Å². The second-order valence-corrected chi connectivity index (χ2v) is 12.2. The summed E-state index contributed by atoms with van der Waals surface area (Å²) in [5.41, 5.74) is 7.39. The van der Waals surface area contributed by atoms with Crippen LogP contribution in [0.5, 0.6) is 0 Å². The van der Waals surface area contributed by atoms with Gasteiger partial charge in [0.1, 0.15) is 0 Å². The molecule has 2 saturated heterocycles. The van der Waals surface area contributed by atoms with Gasteiger partial charge < -0.3 is 25.0 Å². The molecular formula is C36H45N3O7. The fourth-order valence-electron chi connectivity index (χ4n) is 6.28. The molecule has 0 aliphatic carbocycles. The van der Waals surface area contributed by atoms with Crippen LogP contribution in [-0.2, 0) is 32.2 Å². The largest absolute Gasteiger partial charge is 0.395 e. The first kappa shape index (κ1) is 33.7. The van der Waals surface area contributed by atoms with E-state index in [1.165, 1.54) is 0 Å². The van der Waals surface area contributed by atoms with Crippen LogP contribution in [0.1, 0.15) is 79.6 Å². The van der Waals surface area contributed by atoms with E-state index < -0.39 is 12.2 Å². The average Bonchev–Trinajstić information content (AvgIpc) is 3.56. The Kier molecular flexibility index (Phi) is 12.3. The molecule has 10 nitrogen and oxygen atoms in total. The third kappa shape index (κ3) is 9.22. The van der Waals surface area contributed by atoms with E-state index in [1.807, 2.05) is 60.7 Å². The predicted octanol–water partition coefficient (Wildman–Crippen LogP) is 4.53. The number of hydroxylamine groups is 1. The van der Waals surface area contributed by atoms with Crippen molar-refractivity contribution in [3.8, 4) is 11.1 Å². The zero-order chi connectivity index (χ0) is 32.3. The van der Waals surface area contributed by atoms with E-state index in [0.717, 1.165) is 59.3 Å². The van der Waals surface area contributed by atoms with Gasteiger partial charge in [0.25, 0.3) is 0 Å². The minimum Gasteiger partial charge on any atom is -0.395 e. The van der Waals surface area contributed by atoms with Gasteiger partial charge in [0.05, 0.1) is 25.4 Å². The van der Waals surface area contributed by atoms with Crippen LogP contribution in [0.2, 0.25) is 0 Å². The van der Waals surface area contributed by atoms with Gasteiger partial charge in [-0.15, -0.1) is 0 Å². The summed E-state index contributed by atoms with van der Waals surface area (Å²) in [7, 11) is 0. The Hall–Kier alpha value is -3.64. The number of rotatable bonds is 14. The Balaban J connectivity index is 1.27. The molecule has 0 bridgehead atoms. The fraction of sp³-hybridized carbons (Fsp3) is 0.444. The van der Waals surface area contributed by atoms with Gasteiger partial charge in [0, 0.05) is 44.0 Å². The molecule has 2 fully saturated rings. The van der Waals surface area contributed by atoms with Crippen molar-refractivity contribution in [1.29, 1.82) is 0 Å². The summed E-state index contributed by atoms with van der Waals surface area (Å²) < 4.78 is 13.2. The summed E-state index contributed by atoms with van der Waals surface area (Å²) in [4.78, 5) is 25.8. The fourth-order valence-corrected chi connectivity index (χ4v) is 6.28. The Bertz CT molecular complexity index is 1430. The lowest BCUT2D eigenvalue weighted by molar-refractivity contribution is -0.253. The molecule has 5 N–H and O–H groups in total.